The molecular weight excluding hydrogens is 608 g/mol. The minimum atomic E-state index is -0.942. The number of ether oxygens (including phenoxy) is 2. The second kappa shape index (κ2) is 12.4. The number of hydrogen-bond acceptors (Lipinski definition) is 7. The number of rotatable bonds is 12. The second-order valence-electron chi connectivity index (χ2n) is 17.1. The summed E-state index contributed by atoms with van der Waals surface area (Å²) in [5.41, 5.74) is 2.00. The third-order valence-electron chi connectivity index (χ3n) is 13.5. The van der Waals surface area contributed by atoms with E-state index in [1.165, 1.54) is 113 Å². The number of nitro groups is 2. The first-order valence-electron chi connectivity index (χ1n) is 18.6. The van der Waals surface area contributed by atoms with Crippen molar-refractivity contribution >= 4 is 17.5 Å². The predicted octanol–water partition coefficient (Wildman–Crippen LogP) is 10.2. The Morgan fingerprint density at radius 2 is 0.938 bits per heavy atom. The van der Waals surface area contributed by atoms with Crippen molar-refractivity contribution in [1.29, 1.82) is 0 Å². The summed E-state index contributed by atoms with van der Waals surface area (Å²) in [7, 11) is 0. The number of carbonyl (C=O) groups is 1. The van der Waals surface area contributed by atoms with Crippen molar-refractivity contribution in [3.63, 3.8) is 0 Å². The number of nitrogens with zero attached hydrogens (tertiary/aromatic N) is 2. The quantitative estimate of drug-likeness (QED) is 0.0964. The fourth-order valence-electron chi connectivity index (χ4n) is 12.6. The molecule has 0 aliphatic heterocycles. The van der Waals surface area contributed by atoms with Gasteiger partial charge < -0.3 is 9.47 Å². The monoisotopic (exact) mass is 656 g/mol. The lowest BCUT2D eigenvalue weighted by molar-refractivity contribution is -0.385. The summed E-state index contributed by atoms with van der Waals surface area (Å²) in [6.45, 7) is 0. The van der Waals surface area contributed by atoms with Crippen molar-refractivity contribution in [1.82, 2.24) is 0 Å². The van der Waals surface area contributed by atoms with Crippen LogP contribution >= 0.6 is 0 Å². The first-order valence-corrected chi connectivity index (χ1v) is 18.6. The Kier molecular flexibility index (Phi) is 8.23. The molecule has 10 rings (SSSR count). The van der Waals surface area contributed by atoms with Gasteiger partial charge in [0, 0.05) is 35.4 Å². The molecule has 9 heteroatoms. The highest BCUT2D eigenvalue weighted by atomic mass is 16.7. The van der Waals surface area contributed by atoms with Gasteiger partial charge in [0.25, 0.3) is 11.4 Å². The summed E-state index contributed by atoms with van der Waals surface area (Å²) in [5, 5.41) is 23.3. The summed E-state index contributed by atoms with van der Waals surface area (Å²) in [5.74, 6) is 5.72. The van der Waals surface area contributed by atoms with E-state index in [0.29, 0.717) is 34.8 Å². The van der Waals surface area contributed by atoms with Crippen LogP contribution in [0.5, 0.6) is 11.5 Å². The molecule has 2 aromatic rings. The number of nitro benzene ring substituents is 2. The molecule has 0 N–H and O–H groups in total. The van der Waals surface area contributed by atoms with E-state index in [1.54, 1.807) is 0 Å². The van der Waals surface area contributed by atoms with Gasteiger partial charge in [-0.25, -0.2) is 4.79 Å². The standard InChI is InChI=1S/C39H48N2O7/c42-37(47-35-7-5-33(40(43)44)17-31(35)3-1-9-38-19-25-11-26(20-38)13-27(12-25)21-38)48-36-8-6-34(41(45)46)18-32(36)4-2-10-39-22-28-14-29(23-39)16-30(15-28)24-39/h5-8,17-18,25-30H,1-4,9-16,19-24H2. The molecule has 0 aromatic heterocycles. The van der Waals surface area contributed by atoms with Crippen LogP contribution < -0.4 is 9.47 Å². The molecule has 0 saturated heterocycles. The molecule has 8 fully saturated rings. The van der Waals surface area contributed by atoms with E-state index < -0.39 is 16.0 Å². The van der Waals surface area contributed by atoms with Gasteiger partial charge >= 0.3 is 6.16 Å². The van der Waals surface area contributed by atoms with Gasteiger partial charge in [0.2, 0.25) is 0 Å². The van der Waals surface area contributed by atoms with Crippen LogP contribution in [0.1, 0.15) is 114 Å². The smallest absolute Gasteiger partial charge is 0.394 e. The molecule has 0 unspecified atom stereocenters. The van der Waals surface area contributed by atoms with Gasteiger partial charge in [-0.05, 0) is 174 Å². The SMILES string of the molecule is O=C(Oc1ccc([N+](=O)[O-])cc1CCCC12CC3CC(CC(C3)C1)C2)Oc1ccc([N+](=O)[O-])cc1CCCC12CC3CC(CC(C3)C1)C2. The van der Waals surface area contributed by atoms with E-state index in [-0.39, 0.29) is 22.9 Å². The van der Waals surface area contributed by atoms with Crippen LogP contribution in [-0.4, -0.2) is 16.0 Å². The zero-order valence-corrected chi connectivity index (χ0v) is 27.9. The number of benzene rings is 2. The lowest BCUT2D eigenvalue weighted by Gasteiger charge is -2.57. The summed E-state index contributed by atoms with van der Waals surface area (Å²) in [4.78, 5) is 35.6. The maximum Gasteiger partial charge on any atom is 0.519 e. The molecule has 8 saturated carbocycles. The topological polar surface area (TPSA) is 122 Å². The van der Waals surface area contributed by atoms with Crippen molar-refractivity contribution in [2.45, 2.75) is 116 Å². The van der Waals surface area contributed by atoms with Gasteiger partial charge in [0.05, 0.1) is 9.85 Å². The average Bonchev–Trinajstić information content (AvgIpc) is 3.01. The zero-order chi connectivity index (χ0) is 33.0. The summed E-state index contributed by atoms with van der Waals surface area (Å²) in [6.07, 6.45) is 20.4. The first kappa shape index (κ1) is 31.8. The van der Waals surface area contributed by atoms with Crippen LogP contribution in [0.4, 0.5) is 16.2 Å². The van der Waals surface area contributed by atoms with E-state index in [9.17, 15) is 25.0 Å². The Labute approximate surface area is 282 Å². The maximum absolute atomic E-state index is 13.2. The van der Waals surface area contributed by atoms with Gasteiger partial charge in [-0.2, -0.15) is 0 Å². The van der Waals surface area contributed by atoms with Gasteiger partial charge in [0.15, 0.2) is 0 Å². The molecule has 9 nitrogen and oxygen atoms in total. The molecule has 0 heterocycles. The van der Waals surface area contributed by atoms with E-state index in [0.717, 1.165) is 61.2 Å². The molecule has 0 spiro atoms. The molecule has 8 bridgehead atoms. The van der Waals surface area contributed by atoms with Crippen LogP contribution in [0.2, 0.25) is 0 Å². The number of non-ortho nitro benzene ring substituents is 2. The van der Waals surface area contributed by atoms with E-state index in [1.807, 2.05) is 0 Å². The highest BCUT2D eigenvalue weighted by molar-refractivity contribution is 5.69. The number of hydrogen-bond donors (Lipinski definition) is 0. The van der Waals surface area contributed by atoms with Gasteiger partial charge in [-0.3, -0.25) is 20.2 Å². The van der Waals surface area contributed by atoms with Crippen LogP contribution in [-0.2, 0) is 12.8 Å². The van der Waals surface area contributed by atoms with Crippen molar-refractivity contribution in [3.8, 4) is 11.5 Å². The van der Waals surface area contributed by atoms with Crippen LogP contribution in [0.15, 0.2) is 36.4 Å². The van der Waals surface area contributed by atoms with Crippen molar-refractivity contribution in [2.24, 2.45) is 46.3 Å². The Balaban J connectivity index is 0.932. The summed E-state index contributed by atoms with van der Waals surface area (Å²) in [6, 6.07) is 8.72. The van der Waals surface area contributed by atoms with Crippen molar-refractivity contribution < 1.29 is 24.1 Å². The molecular formula is C39H48N2O7. The second-order valence-corrected chi connectivity index (χ2v) is 17.1. The largest absolute Gasteiger partial charge is 0.519 e. The third-order valence-corrected chi connectivity index (χ3v) is 13.5. The zero-order valence-electron chi connectivity index (χ0n) is 27.9. The van der Waals surface area contributed by atoms with Crippen molar-refractivity contribution in [2.75, 3.05) is 0 Å². The molecule has 0 atom stereocenters. The van der Waals surface area contributed by atoms with Gasteiger partial charge in [-0.1, -0.05) is 0 Å². The van der Waals surface area contributed by atoms with Crippen LogP contribution in [0.25, 0.3) is 0 Å². The molecule has 8 aliphatic rings. The lowest BCUT2D eigenvalue weighted by Crippen LogP contribution is -2.45. The van der Waals surface area contributed by atoms with E-state index >= 15 is 0 Å². The maximum atomic E-state index is 13.2. The third kappa shape index (κ3) is 6.46. The van der Waals surface area contributed by atoms with Crippen LogP contribution in [0.3, 0.4) is 0 Å². The first-order chi connectivity index (χ1) is 23.1. The predicted molar refractivity (Wildman–Crippen MR) is 180 cm³/mol. The minimum Gasteiger partial charge on any atom is -0.394 e. The normalized spacial score (nSPS) is 33.9. The molecule has 0 amide bonds. The van der Waals surface area contributed by atoms with E-state index in [2.05, 4.69) is 0 Å². The van der Waals surface area contributed by atoms with Gasteiger partial charge in [-0.15, -0.1) is 0 Å². The molecule has 48 heavy (non-hydrogen) atoms. The van der Waals surface area contributed by atoms with E-state index in [4.69, 9.17) is 9.47 Å². The fourth-order valence-corrected chi connectivity index (χ4v) is 12.6. The number of aryl methyl sites for hydroxylation is 2. The molecule has 0 radical (unpaired) electrons. The summed E-state index contributed by atoms with van der Waals surface area (Å²) >= 11 is 0. The average molecular weight is 657 g/mol. The van der Waals surface area contributed by atoms with Gasteiger partial charge in [0.1, 0.15) is 11.5 Å². The Bertz CT molecular complexity index is 1410. The lowest BCUT2D eigenvalue weighted by atomic mass is 9.48. The molecule has 2 aromatic carbocycles. The molecule has 256 valence electrons. The molecule has 8 aliphatic carbocycles. The highest BCUT2D eigenvalue weighted by Gasteiger charge is 2.51. The minimum absolute atomic E-state index is 0.0304. The number of carbonyl (C=O) groups excluding carboxylic acids is 1. The van der Waals surface area contributed by atoms with Crippen LogP contribution in [0, 0.1) is 66.6 Å². The fraction of sp³-hybridized carbons (Fsp3) is 0.667. The highest BCUT2D eigenvalue weighted by Crippen LogP contribution is 2.63. The van der Waals surface area contributed by atoms with Crippen molar-refractivity contribution in [3.05, 3.63) is 67.8 Å². The Hall–Kier alpha value is -3.49. The Morgan fingerprint density at radius 1 is 0.604 bits per heavy atom. The summed E-state index contributed by atoms with van der Waals surface area (Å²) < 4.78 is 11.4. The Morgan fingerprint density at radius 3 is 1.25 bits per heavy atom.